The molecule has 4 heteroatoms. The lowest BCUT2D eigenvalue weighted by Gasteiger charge is -2.34. The van der Waals surface area contributed by atoms with Gasteiger partial charge in [-0.2, -0.15) is 0 Å². The summed E-state index contributed by atoms with van der Waals surface area (Å²) in [5, 5.41) is 0. The van der Waals surface area contributed by atoms with Crippen LogP contribution in [-0.2, 0) is 9.59 Å². The van der Waals surface area contributed by atoms with Crippen LogP contribution in [0.1, 0.15) is 40.0 Å². The summed E-state index contributed by atoms with van der Waals surface area (Å²) in [6.07, 6.45) is 3.09. The first kappa shape index (κ1) is 14.2. The molecule has 0 radical (unpaired) electrons. The molecule has 1 atom stereocenters. The fourth-order valence-corrected chi connectivity index (χ4v) is 2.49. The number of carbonyl (C=O) groups is 2. The lowest BCUT2D eigenvalue weighted by atomic mass is 9.99. The highest BCUT2D eigenvalue weighted by Gasteiger charge is 2.28. The average molecular weight is 240 g/mol. The van der Waals surface area contributed by atoms with Gasteiger partial charge in [0.1, 0.15) is 5.78 Å². The molecule has 1 fully saturated rings. The average Bonchev–Trinajstić information content (AvgIpc) is 2.31. The number of hydrogen-bond acceptors (Lipinski definition) is 3. The van der Waals surface area contributed by atoms with Gasteiger partial charge >= 0.3 is 0 Å². The molecule has 0 spiro atoms. The third-order valence-electron chi connectivity index (χ3n) is 3.54. The number of hydrogen-bond donors (Lipinski definition) is 0. The van der Waals surface area contributed by atoms with Crippen molar-refractivity contribution in [2.45, 2.75) is 46.1 Å². The highest BCUT2D eigenvalue weighted by atomic mass is 16.2. The van der Waals surface area contributed by atoms with Crippen molar-refractivity contribution < 1.29 is 9.59 Å². The fraction of sp³-hybridized carbons (Fsp3) is 0.846. The predicted molar refractivity (Wildman–Crippen MR) is 67.8 cm³/mol. The Morgan fingerprint density at radius 2 is 1.88 bits per heavy atom. The van der Waals surface area contributed by atoms with Crippen molar-refractivity contribution in [2.75, 3.05) is 26.2 Å². The van der Waals surface area contributed by atoms with Crippen LogP contribution in [0.5, 0.6) is 0 Å². The lowest BCUT2D eigenvalue weighted by molar-refractivity contribution is -0.134. The van der Waals surface area contributed by atoms with E-state index in [0.717, 1.165) is 38.9 Å². The van der Waals surface area contributed by atoms with Crippen LogP contribution in [0.25, 0.3) is 0 Å². The summed E-state index contributed by atoms with van der Waals surface area (Å²) in [5.74, 6) is 0.334. The second-order valence-electron chi connectivity index (χ2n) is 4.66. The summed E-state index contributed by atoms with van der Waals surface area (Å²) in [5.41, 5.74) is 0. The van der Waals surface area contributed by atoms with E-state index in [9.17, 15) is 9.59 Å². The molecule has 0 bridgehead atoms. The molecule has 0 aromatic carbocycles. The second-order valence-corrected chi connectivity index (χ2v) is 4.66. The largest absolute Gasteiger partial charge is 0.342 e. The topological polar surface area (TPSA) is 40.6 Å². The van der Waals surface area contributed by atoms with Crippen molar-refractivity contribution in [3.05, 3.63) is 0 Å². The Bertz CT molecular complexity index is 275. The van der Waals surface area contributed by atoms with Gasteiger partial charge in [0.25, 0.3) is 0 Å². The maximum atomic E-state index is 12.0. The normalized spacial score (nSPS) is 21.2. The van der Waals surface area contributed by atoms with Crippen LogP contribution in [0.2, 0.25) is 0 Å². The highest BCUT2D eigenvalue weighted by molar-refractivity contribution is 5.83. The summed E-state index contributed by atoms with van der Waals surface area (Å²) in [6, 6.07) is -0.0386. The number of likely N-dealkylation sites (tertiary alicyclic amines) is 1. The molecule has 0 aromatic heterocycles. The minimum absolute atomic E-state index is 0.0386. The molecule has 4 nitrogen and oxygen atoms in total. The summed E-state index contributed by atoms with van der Waals surface area (Å²) in [6.45, 7) is 8.36. The van der Waals surface area contributed by atoms with E-state index in [2.05, 4.69) is 0 Å². The van der Waals surface area contributed by atoms with E-state index in [4.69, 9.17) is 0 Å². The molecular weight excluding hydrogens is 216 g/mol. The molecule has 1 saturated heterocycles. The third-order valence-corrected chi connectivity index (χ3v) is 3.54. The van der Waals surface area contributed by atoms with Crippen molar-refractivity contribution in [1.29, 1.82) is 0 Å². The number of likely N-dealkylation sites (N-methyl/N-ethyl adjacent to an activating group) is 1. The predicted octanol–water partition coefficient (Wildman–Crippen LogP) is 1.30. The lowest BCUT2D eigenvalue weighted by Crippen LogP contribution is -2.49. The van der Waals surface area contributed by atoms with Crippen molar-refractivity contribution >= 4 is 11.7 Å². The molecule has 1 unspecified atom stereocenters. The van der Waals surface area contributed by atoms with Crippen molar-refractivity contribution in [1.82, 2.24) is 9.80 Å². The monoisotopic (exact) mass is 240 g/mol. The number of nitrogens with zero attached hydrogens (tertiary/aromatic N) is 2. The Kier molecular flexibility index (Phi) is 5.62. The fourth-order valence-electron chi connectivity index (χ4n) is 2.49. The van der Waals surface area contributed by atoms with Gasteiger partial charge in [-0.05, 0) is 40.2 Å². The van der Waals surface area contributed by atoms with Crippen LogP contribution < -0.4 is 0 Å². The maximum Gasteiger partial charge on any atom is 0.236 e. The molecule has 1 rings (SSSR count). The minimum Gasteiger partial charge on any atom is -0.342 e. The molecule has 1 aliphatic heterocycles. The maximum absolute atomic E-state index is 12.0. The van der Waals surface area contributed by atoms with Crippen LogP contribution in [0.4, 0.5) is 0 Å². The van der Waals surface area contributed by atoms with E-state index in [1.807, 2.05) is 23.6 Å². The summed E-state index contributed by atoms with van der Waals surface area (Å²) < 4.78 is 0. The molecule has 98 valence electrons. The van der Waals surface area contributed by atoms with Gasteiger partial charge in [-0.15, -0.1) is 0 Å². The molecule has 1 heterocycles. The van der Waals surface area contributed by atoms with Crippen LogP contribution >= 0.6 is 0 Å². The number of Topliss-reactive ketones (excluding diaryl/α,β-unsaturated/α-hetero) is 1. The molecule has 0 aromatic rings. The first-order chi connectivity index (χ1) is 8.10. The smallest absolute Gasteiger partial charge is 0.236 e. The number of amides is 1. The number of carbonyl (C=O) groups excluding carboxylic acids is 2. The Labute approximate surface area is 104 Å². The van der Waals surface area contributed by atoms with Crippen molar-refractivity contribution in [3.8, 4) is 0 Å². The molecule has 0 N–H and O–H groups in total. The Morgan fingerprint density at radius 1 is 1.24 bits per heavy atom. The number of piperidine rings is 1. The van der Waals surface area contributed by atoms with Gasteiger partial charge < -0.3 is 4.90 Å². The van der Waals surface area contributed by atoms with E-state index >= 15 is 0 Å². The number of rotatable bonds is 5. The van der Waals surface area contributed by atoms with Crippen molar-refractivity contribution in [3.63, 3.8) is 0 Å². The third kappa shape index (κ3) is 3.80. The molecule has 0 aliphatic carbocycles. The summed E-state index contributed by atoms with van der Waals surface area (Å²) in [4.78, 5) is 27.4. The molecule has 0 saturated carbocycles. The van der Waals surface area contributed by atoms with Crippen LogP contribution in [0, 0.1) is 0 Å². The van der Waals surface area contributed by atoms with E-state index in [1.165, 1.54) is 0 Å². The molecular formula is C13H24N2O2. The zero-order valence-corrected chi connectivity index (χ0v) is 11.2. The van der Waals surface area contributed by atoms with E-state index in [-0.39, 0.29) is 17.7 Å². The van der Waals surface area contributed by atoms with E-state index in [1.54, 1.807) is 6.92 Å². The van der Waals surface area contributed by atoms with Crippen LogP contribution in [0.3, 0.4) is 0 Å². The zero-order chi connectivity index (χ0) is 12.8. The highest BCUT2D eigenvalue weighted by Crippen LogP contribution is 2.17. The summed E-state index contributed by atoms with van der Waals surface area (Å²) in [7, 11) is 0. The first-order valence-electron chi connectivity index (χ1n) is 6.62. The van der Waals surface area contributed by atoms with Gasteiger partial charge in [0.2, 0.25) is 5.91 Å². The SMILES string of the molecule is CCN(CC)C(=O)CN1CCCCC1C(C)=O. The van der Waals surface area contributed by atoms with E-state index in [0.29, 0.717) is 6.54 Å². The zero-order valence-electron chi connectivity index (χ0n) is 11.2. The number of ketones is 1. The van der Waals surface area contributed by atoms with E-state index < -0.39 is 0 Å². The van der Waals surface area contributed by atoms with Gasteiger partial charge in [0.05, 0.1) is 12.6 Å². The van der Waals surface area contributed by atoms with Gasteiger partial charge in [0.15, 0.2) is 0 Å². The Morgan fingerprint density at radius 3 is 2.41 bits per heavy atom. The summed E-state index contributed by atoms with van der Waals surface area (Å²) >= 11 is 0. The van der Waals surface area contributed by atoms with Gasteiger partial charge in [-0.1, -0.05) is 6.42 Å². The standard InChI is InChI=1S/C13H24N2O2/c1-4-14(5-2)13(17)10-15-9-7-6-8-12(15)11(3)16/h12H,4-10H2,1-3H3. The van der Waals surface area contributed by atoms with Gasteiger partial charge in [-0.25, -0.2) is 0 Å². The van der Waals surface area contributed by atoms with Crippen molar-refractivity contribution in [2.24, 2.45) is 0 Å². The minimum atomic E-state index is -0.0386. The Balaban J connectivity index is 2.58. The quantitative estimate of drug-likeness (QED) is 0.727. The van der Waals surface area contributed by atoms with Crippen LogP contribution in [0.15, 0.2) is 0 Å². The van der Waals surface area contributed by atoms with Gasteiger partial charge in [0, 0.05) is 13.1 Å². The second kappa shape index (κ2) is 6.74. The van der Waals surface area contributed by atoms with Gasteiger partial charge in [-0.3, -0.25) is 14.5 Å². The Hall–Kier alpha value is -0.900. The molecule has 1 aliphatic rings. The molecule has 1 amide bonds. The van der Waals surface area contributed by atoms with Crippen LogP contribution in [-0.4, -0.2) is 53.7 Å². The first-order valence-corrected chi connectivity index (χ1v) is 6.62. The molecule has 17 heavy (non-hydrogen) atoms.